The van der Waals surface area contributed by atoms with E-state index >= 15 is 0 Å². The summed E-state index contributed by atoms with van der Waals surface area (Å²) in [7, 11) is -3.76. The van der Waals surface area contributed by atoms with Crippen molar-refractivity contribution in [1.29, 1.82) is 0 Å². The van der Waals surface area contributed by atoms with Crippen LogP contribution in [-0.2, 0) is 16.6 Å². The van der Waals surface area contributed by atoms with Gasteiger partial charge in [-0.2, -0.15) is 13.5 Å². The van der Waals surface area contributed by atoms with Crippen LogP contribution in [0, 0.1) is 6.92 Å². The van der Waals surface area contributed by atoms with Gasteiger partial charge in [0.25, 0.3) is 10.0 Å². The van der Waals surface area contributed by atoms with Crippen molar-refractivity contribution in [2.24, 2.45) is 5.73 Å². The molecule has 6 nitrogen and oxygen atoms in total. The van der Waals surface area contributed by atoms with E-state index in [1.165, 1.54) is 6.20 Å². The number of aromatic amines is 1. The third-order valence-electron chi connectivity index (χ3n) is 2.68. The Hall–Kier alpha value is -1.57. The molecule has 1 aromatic carbocycles. The van der Waals surface area contributed by atoms with Crippen molar-refractivity contribution in [3.05, 3.63) is 40.5 Å². The summed E-state index contributed by atoms with van der Waals surface area (Å²) in [6, 6.07) is 5.00. The Morgan fingerprint density at radius 1 is 1.47 bits per heavy atom. The third-order valence-corrected chi connectivity index (χ3v) is 4.47. The van der Waals surface area contributed by atoms with Gasteiger partial charge in [0.15, 0.2) is 5.03 Å². The highest BCUT2D eigenvalue weighted by Gasteiger charge is 2.21. The van der Waals surface area contributed by atoms with E-state index in [4.69, 9.17) is 17.3 Å². The standard InChI is InChI=1S/C11H13ClN4O2S/c1-7-9(12)3-2-4-10(7)16-19(17,18)11-8(5-13)6-14-15-11/h2-4,6,16H,5,13H2,1H3,(H,14,15). The first kappa shape index (κ1) is 13.9. The summed E-state index contributed by atoms with van der Waals surface area (Å²) in [6.07, 6.45) is 1.39. The van der Waals surface area contributed by atoms with Gasteiger partial charge in [0.1, 0.15) is 0 Å². The Labute approximate surface area is 116 Å². The first-order valence-corrected chi connectivity index (χ1v) is 7.32. The lowest BCUT2D eigenvalue weighted by Crippen LogP contribution is -2.16. The Morgan fingerprint density at radius 2 is 2.21 bits per heavy atom. The van der Waals surface area contributed by atoms with Crippen LogP contribution in [0.2, 0.25) is 5.02 Å². The second kappa shape index (κ2) is 5.20. The monoisotopic (exact) mass is 300 g/mol. The fourth-order valence-corrected chi connectivity index (χ4v) is 3.03. The van der Waals surface area contributed by atoms with E-state index in [1.807, 2.05) is 0 Å². The number of hydrogen-bond acceptors (Lipinski definition) is 4. The van der Waals surface area contributed by atoms with Crippen molar-refractivity contribution in [1.82, 2.24) is 10.2 Å². The van der Waals surface area contributed by atoms with Crippen molar-refractivity contribution in [3.63, 3.8) is 0 Å². The van der Waals surface area contributed by atoms with Crippen LogP contribution in [0.1, 0.15) is 11.1 Å². The summed E-state index contributed by atoms with van der Waals surface area (Å²) < 4.78 is 26.9. The fourth-order valence-electron chi connectivity index (χ4n) is 1.59. The normalized spacial score (nSPS) is 11.5. The average molecular weight is 301 g/mol. The molecule has 0 fully saturated rings. The number of sulfonamides is 1. The summed E-state index contributed by atoms with van der Waals surface area (Å²) in [5.74, 6) is 0. The second-order valence-corrected chi connectivity index (χ2v) is 5.97. The maximum atomic E-state index is 12.2. The van der Waals surface area contributed by atoms with Crippen molar-refractivity contribution < 1.29 is 8.42 Å². The van der Waals surface area contributed by atoms with Crippen LogP contribution >= 0.6 is 11.6 Å². The molecular formula is C11H13ClN4O2S. The zero-order valence-electron chi connectivity index (χ0n) is 10.1. The molecule has 2 aromatic rings. The molecule has 0 amide bonds. The van der Waals surface area contributed by atoms with E-state index in [0.717, 1.165) is 0 Å². The first-order chi connectivity index (χ1) is 8.95. The summed E-state index contributed by atoms with van der Waals surface area (Å²) in [5.41, 5.74) is 6.96. The average Bonchev–Trinajstić information content (AvgIpc) is 2.84. The summed E-state index contributed by atoms with van der Waals surface area (Å²) >= 11 is 5.95. The largest absolute Gasteiger partial charge is 0.326 e. The van der Waals surface area contributed by atoms with E-state index < -0.39 is 10.0 Å². The van der Waals surface area contributed by atoms with Crippen LogP contribution in [0.3, 0.4) is 0 Å². The second-order valence-electron chi connectivity index (χ2n) is 3.95. The van der Waals surface area contributed by atoms with E-state index in [9.17, 15) is 8.42 Å². The first-order valence-electron chi connectivity index (χ1n) is 5.46. The van der Waals surface area contributed by atoms with Crippen LogP contribution in [0.15, 0.2) is 29.4 Å². The molecular weight excluding hydrogens is 288 g/mol. The number of rotatable bonds is 4. The van der Waals surface area contributed by atoms with Gasteiger partial charge >= 0.3 is 0 Å². The zero-order chi connectivity index (χ0) is 14.0. The van der Waals surface area contributed by atoms with Gasteiger partial charge in [-0.1, -0.05) is 17.7 Å². The number of aromatic nitrogens is 2. The summed E-state index contributed by atoms with van der Waals surface area (Å²) in [4.78, 5) is 0. The van der Waals surface area contributed by atoms with Gasteiger partial charge in [0.2, 0.25) is 0 Å². The van der Waals surface area contributed by atoms with Gasteiger partial charge in [-0.15, -0.1) is 0 Å². The van der Waals surface area contributed by atoms with Crippen molar-refractivity contribution in [2.75, 3.05) is 4.72 Å². The summed E-state index contributed by atoms with van der Waals surface area (Å²) in [5, 5.41) is 6.59. The number of anilines is 1. The van der Waals surface area contributed by atoms with E-state index in [1.54, 1.807) is 25.1 Å². The Balaban J connectivity index is 2.40. The van der Waals surface area contributed by atoms with E-state index in [0.29, 0.717) is 21.8 Å². The number of nitrogens with one attached hydrogen (secondary N) is 2. The molecule has 0 bridgehead atoms. The van der Waals surface area contributed by atoms with Gasteiger partial charge in [-0.05, 0) is 24.6 Å². The van der Waals surface area contributed by atoms with Gasteiger partial charge in [0, 0.05) is 17.1 Å². The van der Waals surface area contributed by atoms with Crippen molar-refractivity contribution in [2.45, 2.75) is 18.5 Å². The van der Waals surface area contributed by atoms with E-state index in [2.05, 4.69) is 14.9 Å². The lowest BCUT2D eigenvalue weighted by molar-refractivity contribution is 0.596. The lowest BCUT2D eigenvalue weighted by atomic mass is 10.2. The maximum absolute atomic E-state index is 12.2. The molecule has 1 aromatic heterocycles. The highest BCUT2D eigenvalue weighted by atomic mass is 35.5. The minimum absolute atomic E-state index is 0.0330. The van der Waals surface area contributed by atoms with Gasteiger partial charge in [-0.3, -0.25) is 9.82 Å². The topological polar surface area (TPSA) is 101 Å². The fraction of sp³-hybridized carbons (Fsp3) is 0.182. The number of H-pyrrole nitrogens is 1. The number of benzene rings is 1. The summed E-state index contributed by atoms with van der Waals surface area (Å²) in [6.45, 7) is 1.82. The molecule has 0 saturated carbocycles. The predicted octanol–water partition coefficient (Wildman–Crippen LogP) is 1.63. The molecule has 19 heavy (non-hydrogen) atoms. The third kappa shape index (κ3) is 2.73. The molecule has 4 N–H and O–H groups in total. The van der Waals surface area contributed by atoms with Gasteiger partial charge in [-0.25, -0.2) is 0 Å². The lowest BCUT2D eigenvalue weighted by Gasteiger charge is -2.11. The smallest absolute Gasteiger partial charge is 0.279 e. The molecule has 8 heteroatoms. The molecule has 102 valence electrons. The molecule has 0 radical (unpaired) electrons. The molecule has 0 aliphatic rings. The van der Waals surface area contributed by atoms with E-state index in [-0.39, 0.29) is 11.6 Å². The minimum atomic E-state index is -3.76. The number of nitrogens with two attached hydrogens (primary N) is 1. The number of halogens is 1. The van der Waals surface area contributed by atoms with Crippen molar-refractivity contribution >= 4 is 27.3 Å². The van der Waals surface area contributed by atoms with Crippen LogP contribution in [0.5, 0.6) is 0 Å². The quantitative estimate of drug-likeness (QED) is 0.799. The number of nitrogens with zero attached hydrogens (tertiary/aromatic N) is 1. The molecule has 0 aliphatic carbocycles. The Kier molecular flexibility index (Phi) is 3.79. The maximum Gasteiger partial charge on any atom is 0.279 e. The molecule has 2 rings (SSSR count). The van der Waals surface area contributed by atoms with Gasteiger partial charge in [0.05, 0.1) is 11.9 Å². The Bertz CT molecular complexity index is 696. The minimum Gasteiger partial charge on any atom is -0.326 e. The Morgan fingerprint density at radius 3 is 2.89 bits per heavy atom. The van der Waals surface area contributed by atoms with Crippen molar-refractivity contribution in [3.8, 4) is 0 Å². The predicted molar refractivity (Wildman–Crippen MR) is 73.5 cm³/mol. The van der Waals surface area contributed by atoms with Crippen LogP contribution in [0.4, 0.5) is 5.69 Å². The molecule has 0 saturated heterocycles. The van der Waals surface area contributed by atoms with Gasteiger partial charge < -0.3 is 5.73 Å². The highest BCUT2D eigenvalue weighted by molar-refractivity contribution is 7.92. The molecule has 0 unspecified atom stereocenters. The SMILES string of the molecule is Cc1c(Cl)cccc1NS(=O)(=O)c1[nH]ncc1CN. The highest BCUT2D eigenvalue weighted by Crippen LogP contribution is 2.25. The number of hydrogen-bond donors (Lipinski definition) is 3. The van der Waals surface area contributed by atoms with Crippen LogP contribution < -0.4 is 10.5 Å². The zero-order valence-corrected chi connectivity index (χ0v) is 11.7. The molecule has 0 atom stereocenters. The molecule has 1 heterocycles. The van der Waals surface area contributed by atoms with Crippen LogP contribution in [0.25, 0.3) is 0 Å². The molecule has 0 aliphatic heterocycles. The molecule has 0 spiro atoms. The van der Waals surface area contributed by atoms with Crippen LogP contribution in [-0.4, -0.2) is 18.6 Å².